The van der Waals surface area contributed by atoms with E-state index in [0.717, 1.165) is 12.4 Å². The molecule has 0 aromatic carbocycles. The highest BCUT2D eigenvalue weighted by Gasteiger charge is 2.11. The van der Waals surface area contributed by atoms with E-state index >= 15 is 0 Å². The van der Waals surface area contributed by atoms with Crippen LogP contribution in [0.2, 0.25) is 0 Å². The summed E-state index contributed by atoms with van der Waals surface area (Å²) in [7, 11) is 0. The third-order valence-corrected chi connectivity index (χ3v) is 2.71. The van der Waals surface area contributed by atoms with E-state index in [-0.39, 0.29) is 0 Å². The summed E-state index contributed by atoms with van der Waals surface area (Å²) >= 11 is 5.80. The van der Waals surface area contributed by atoms with E-state index in [4.69, 9.17) is 17.3 Å². The number of halogens is 1. The van der Waals surface area contributed by atoms with Crippen molar-refractivity contribution in [1.82, 2.24) is 9.55 Å². The standard InChI is InChI=1S/C10H18ClN3/c1-8(2)10-13-3-4-14(10)7-9(5-11)6-12/h3-4,8-9H,5-7,12H2,1-2H3. The highest BCUT2D eigenvalue weighted by Crippen LogP contribution is 2.13. The van der Waals surface area contributed by atoms with Gasteiger partial charge < -0.3 is 10.3 Å². The van der Waals surface area contributed by atoms with Crippen LogP contribution in [0.5, 0.6) is 0 Å². The SMILES string of the molecule is CC(C)c1nccn1CC(CN)CCl. The molecule has 3 nitrogen and oxygen atoms in total. The molecule has 80 valence electrons. The molecule has 2 N–H and O–H groups in total. The fraction of sp³-hybridized carbons (Fsp3) is 0.700. The second kappa shape index (κ2) is 5.37. The van der Waals surface area contributed by atoms with Crippen LogP contribution in [-0.4, -0.2) is 22.0 Å². The highest BCUT2D eigenvalue weighted by atomic mass is 35.5. The number of alkyl halides is 1. The molecule has 0 aliphatic heterocycles. The second-order valence-corrected chi connectivity index (χ2v) is 4.16. The van der Waals surface area contributed by atoms with Gasteiger partial charge in [-0.1, -0.05) is 13.8 Å². The molecule has 0 radical (unpaired) electrons. The molecule has 1 rings (SSSR count). The van der Waals surface area contributed by atoms with Crippen LogP contribution in [-0.2, 0) is 6.54 Å². The Hall–Kier alpha value is -0.540. The lowest BCUT2D eigenvalue weighted by atomic mass is 10.1. The molecular weight excluding hydrogens is 198 g/mol. The largest absolute Gasteiger partial charge is 0.334 e. The topological polar surface area (TPSA) is 43.8 Å². The van der Waals surface area contributed by atoms with Crippen molar-refractivity contribution in [3.63, 3.8) is 0 Å². The number of rotatable bonds is 5. The van der Waals surface area contributed by atoms with Crippen LogP contribution in [0.1, 0.15) is 25.6 Å². The average Bonchev–Trinajstić information content (AvgIpc) is 2.62. The lowest BCUT2D eigenvalue weighted by Crippen LogP contribution is -2.22. The average molecular weight is 216 g/mol. The Morgan fingerprint density at radius 2 is 2.29 bits per heavy atom. The van der Waals surface area contributed by atoms with Gasteiger partial charge in [-0.3, -0.25) is 0 Å². The second-order valence-electron chi connectivity index (χ2n) is 3.85. The van der Waals surface area contributed by atoms with Gasteiger partial charge in [0.05, 0.1) is 0 Å². The van der Waals surface area contributed by atoms with Crippen molar-refractivity contribution < 1.29 is 0 Å². The van der Waals surface area contributed by atoms with Crippen LogP contribution >= 0.6 is 11.6 Å². The minimum Gasteiger partial charge on any atom is -0.334 e. The van der Waals surface area contributed by atoms with Gasteiger partial charge in [0, 0.05) is 36.7 Å². The van der Waals surface area contributed by atoms with Crippen molar-refractivity contribution in [1.29, 1.82) is 0 Å². The van der Waals surface area contributed by atoms with Crippen LogP contribution < -0.4 is 5.73 Å². The smallest absolute Gasteiger partial charge is 0.111 e. The molecule has 0 fully saturated rings. The zero-order valence-electron chi connectivity index (χ0n) is 8.78. The molecule has 0 spiro atoms. The van der Waals surface area contributed by atoms with Gasteiger partial charge in [-0.25, -0.2) is 4.98 Å². The predicted octanol–water partition coefficient (Wildman–Crippen LogP) is 1.82. The van der Waals surface area contributed by atoms with E-state index in [2.05, 4.69) is 23.4 Å². The van der Waals surface area contributed by atoms with Gasteiger partial charge in [0.25, 0.3) is 0 Å². The molecule has 0 saturated heterocycles. The van der Waals surface area contributed by atoms with E-state index in [1.807, 2.05) is 12.4 Å². The molecule has 1 aromatic rings. The molecule has 1 atom stereocenters. The first-order valence-electron chi connectivity index (χ1n) is 4.96. The van der Waals surface area contributed by atoms with Gasteiger partial charge in [-0.2, -0.15) is 0 Å². The molecule has 1 unspecified atom stereocenters. The van der Waals surface area contributed by atoms with Crippen molar-refractivity contribution in [3.8, 4) is 0 Å². The summed E-state index contributed by atoms with van der Waals surface area (Å²) in [4.78, 5) is 4.32. The fourth-order valence-corrected chi connectivity index (χ4v) is 1.66. The lowest BCUT2D eigenvalue weighted by molar-refractivity contribution is 0.477. The van der Waals surface area contributed by atoms with Crippen LogP contribution in [0.15, 0.2) is 12.4 Å². The summed E-state index contributed by atoms with van der Waals surface area (Å²) in [6, 6.07) is 0. The number of nitrogens with zero attached hydrogens (tertiary/aromatic N) is 2. The van der Waals surface area contributed by atoms with E-state index in [9.17, 15) is 0 Å². The van der Waals surface area contributed by atoms with E-state index in [1.54, 1.807) is 0 Å². The lowest BCUT2D eigenvalue weighted by Gasteiger charge is -2.15. The molecule has 1 heterocycles. The van der Waals surface area contributed by atoms with Gasteiger partial charge in [0.15, 0.2) is 0 Å². The first-order chi connectivity index (χ1) is 6.69. The Morgan fingerprint density at radius 1 is 1.57 bits per heavy atom. The molecule has 4 heteroatoms. The predicted molar refractivity (Wildman–Crippen MR) is 59.6 cm³/mol. The first kappa shape index (κ1) is 11.5. The minimum atomic E-state index is 0.336. The van der Waals surface area contributed by atoms with Crippen molar-refractivity contribution >= 4 is 11.6 Å². The molecule has 0 bridgehead atoms. The fourth-order valence-electron chi connectivity index (χ4n) is 1.44. The molecule has 1 aromatic heterocycles. The summed E-state index contributed by atoms with van der Waals surface area (Å²) in [5.41, 5.74) is 5.61. The molecule has 0 amide bonds. The van der Waals surface area contributed by atoms with Gasteiger partial charge in [-0.15, -0.1) is 11.6 Å². The number of hydrogen-bond donors (Lipinski definition) is 1. The Bertz CT molecular complexity index is 266. The van der Waals surface area contributed by atoms with Gasteiger partial charge in [0.1, 0.15) is 5.82 Å². The maximum atomic E-state index is 5.80. The van der Waals surface area contributed by atoms with E-state index in [0.29, 0.717) is 24.3 Å². The molecule has 0 saturated carbocycles. The molecule has 14 heavy (non-hydrogen) atoms. The third kappa shape index (κ3) is 2.72. The zero-order valence-corrected chi connectivity index (χ0v) is 9.54. The maximum absolute atomic E-state index is 5.80. The Labute approximate surface area is 90.3 Å². The zero-order chi connectivity index (χ0) is 10.6. The number of aromatic nitrogens is 2. The normalized spacial score (nSPS) is 13.5. The quantitative estimate of drug-likeness (QED) is 0.762. The van der Waals surface area contributed by atoms with Crippen molar-refractivity contribution in [2.45, 2.75) is 26.3 Å². The monoisotopic (exact) mass is 215 g/mol. The van der Waals surface area contributed by atoms with Gasteiger partial charge in [0.2, 0.25) is 0 Å². The minimum absolute atomic E-state index is 0.336. The van der Waals surface area contributed by atoms with Crippen molar-refractivity contribution in [2.24, 2.45) is 11.7 Å². The number of hydrogen-bond acceptors (Lipinski definition) is 2. The Kier molecular flexibility index (Phi) is 4.42. The summed E-state index contributed by atoms with van der Waals surface area (Å²) in [5.74, 6) is 2.49. The number of nitrogens with two attached hydrogens (primary N) is 1. The van der Waals surface area contributed by atoms with Crippen LogP contribution in [0.3, 0.4) is 0 Å². The molecule has 0 aliphatic carbocycles. The Morgan fingerprint density at radius 3 is 2.79 bits per heavy atom. The van der Waals surface area contributed by atoms with E-state index in [1.165, 1.54) is 0 Å². The maximum Gasteiger partial charge on any atom is 0.111 e. The Balaban J connectivity index is 2.70. The van der Waals surface area contributed by atoms with E-state index < -0.39 is 0 Å². The first-order valence-corrected chi connectivity index (χ1v) is 5.49. The third-order valence-electron chi connectivity index (χ3n) is 2.27. The van der Waals surface area contributed by atoms with Crippen molar-refractivity contribution in [2.75, 3.05) is 12.4 Å². The van der Waals surface area contributed by atoms with Crippen LogP contribution in [0, 0.1) is 5.92 Å². The summed E-state index contributed by atoms with van der Waals surface area (Å²) < 4.78 is 2.14. The molecular formula is C10H18ClN3. The molecule has 0 aliphatic rings. The van der Waals surface area contributed by atoms with Gasteiger partial charge >= 0.3 is 0 Å². The number of imidazole rings is 1. The highest BCUT2D eigenvalue weighted by molar-refractivity contribution is 6.18. The van der Waals surface area contributed by atoms with Crippen LogP contribution in [0.25, 0.3) is 0 Å². The van der Waals surface area contributed by atoms with Gasteiger partial charge in [-0.05, 0) is 6.54 Å². The summed E-state index contributed by atoms with van der Waals surface area (Å²) in [6.45, 7) is 5.76. The summed E-state index contributed by atoms with van der Waals surface area (Å²) in [6.07, 6.45) is 3.82. The summed E-state index contributed by atoms with van der Waals surface area (Å²) in [5, 5.41) is 0. The van der Waals surface area contributed by atoms with Crippen LogP contribution in [0.4, 0.5) is 0 Å². The van der Waals surface area contributed by atoms with Crippen molar-refractivity contribution in [3.05, 3.63) is 18.2 Å².